The van der Waals surface area contributed by atoms with Gasteiger partial charge in [-0.2, -0.15) is 0 Å². The summed E-state index contributed by atoms with van der Waals surface area (Å²) in [6, 6.07) is 6.92. The topological polar surface area (TPSA) is 54.9 Å². The van der Waals surface area contributed by atoms with Crippen molar-refractivity contribution in [2.24, 2.45) is 0 Å². The van der Waals surface area contributed by atoms with Gasteiger partial charge < -0.3 is 0 Å². The second kappa shape index (κ2) is 5.70. The molecule has 0 spiro atoms. The standard InChI is InChI=1S/C15H14Cl2N2O2/c16-11-8-4-3-7-10(11)12-13(17)18-15(21)19(14(12)20)9-5-1-2-6-9/h3-4,7-9H,1-2,5-6H2,(H,18,21). The third kappa shape index (κ3) is 2.54. The van der Waals surface area contributed by atoms with Crippen molar-refractivity contribution in [2.75, 3.05) is 0 Å². The Kier molecular flexibility index (Phi) is 3.91. The zero-order chi connectivity index (χ0) is 15.0. The van der Waals surface area contributed by atoms with Crippen LogP contribution in [-0.4, -0.2) is 9.55 Å². The summed E-state index contributed by atoms with van der Waals surface area (Å²) < 4.78 is 1.29. The van der Waals surface area contributed by atoms with E-state index in [9.17, 15) is 9.59 Å². The summed E-state index contributed by atoms with van der Waals surface area (Å²) in [4.78, 5) is 27.4. The molecule has 0 saturated heterocycles. The van der Waals surface area contributed by atoms with E-state index in [1.54, 1.807) is 24.3 Å². The van der Waals surface area contributed by atoms with Gasteiger partial charge in [0.1, 0.15) is 5.15 Å². The number of nitrogens with zero attached hydrogens (tertiary/aromatic N) is 1. The molecule has 0 bridgehead atoms. The van der Waals surface area contributed by atoms with Crippen LogP contribution in [0, 0.1) is 0 Å². The van der Waals surface area contributed by atoms with E-state index in [0.717, 1.165) is 25.7 Å². The molecule has 2 aromatic rings. The van der Waals surface area contributed by atoms with Gasteiger partial charge in [0.2, 0.25) is 0 Å². The summed E-state index contributed by atoms with van der Waals surface area (Å²) in [6.07, 6.45) is 3.74. The SMILES string of the molecule is O=c1[nH]c(Cl)c(-c2ccccc2Cl)c(=O)n1C1CCCC1. The number of aromatic amines is 1. The van der Waals surface area contributed by atoms with Gasteiger partial charge in [-0.1, -0.05) is 54.2 Å². The number of nitrogens with one attached hydrogen (secondary N) is 1. The van der Waals surface area contributed by atoms with E-state index >= 15 is 0 Å². The molecule has 1 aliphatic rings. The lowest BCUT2D eigenvalue weighted by atomic mass is 10.1. The molecule has 0 atom stereocenters. The van der Waals surface area contributed by atoms with Gasteiger partial charge in [-0.05, 0) is 18.9 Å². The second-order valence-corrected chi connectivity index (χ2v) is 6.00. The summed E-state index contributed by atoms with van der Waals surface area (Å²) >= 11 is 12.2. The zero-order valence-corrected chi connectivity index (χ0v) is 12.7. The molecule has 0 radical (unpaired) electrons. The summed E-state index contributed by atoms with van der Waals surface area (Å²) in [5, 5.41) is 0.467. The maximum Gasteiger partial charge on any atom is 0.329 e. The molecule has 0 amide bonds. The molecule has 1 aliphatic carbocycles. The smallest absolute Gasteiger partial charge is 0.297 e. The molecule has 1 heterocycles. The van der Waals surface area contributed by atoms with Crippen molar-refractivity contribution in [1.29, 1.82) is 0 Å². The Morgan fingerprint density at radius 2 is 1.76 bits per heavy atom. The Hall–Kier alpha value is -1.52. The van der Waals surface area contributed by atoms with Crippen LogP contribution in [0.2, 0.25) is 10.2 Å². The van der Waals surface area contributed by atoms with E-state index in [1.807, 2.05) is 0 Å². The lowest BCUT2D eigenvalue weighted by molar-refractivity contribution is 0.480. The minimum Gasteiger partial charge on any atom is -0.297 e. The molecule has 0 aliphatic heterocycles. The molecule has 0 unspecified atom stereocenters. The van der Waals surface area contributed by atoms with Gasteiger partial charge in [-0.3, -0.25) is 14.3 Å². The number of aromatic nitrogens is 2. The van der Waals surface area contributed by atoms with Crippen LogP contribution in [0.25, 0.3) is 11.1 Å². The first-order valence-corrected chi connectivity index (χ1v) is 7.64. The fourth-order valence-corrected chi connectivity index (χ4v) is 3.41. The van der Waals surface area contributed by atoms with Crippen molar-refractivity contribution < 1.29 is 0 Å². The van der Waals surface area contributed by atoms with Gasteiger partial charge in [0, 0.05) is 16.6 Å². The highest BCUT2D eigenvalue weighted by Crippen LogP contribution is 2.31. The average molecular weight is 325 g/mol. The Balaban J connectivity index is 2.27. The normalized spacial score (nSPS) is 15.5. The Morgan fingerprint density at radius 3 is 2.43 bits per heavy atom. The minimum absolute atomic E-state index is 0.0346. The van der Waals surface area contributed by atoms with Crippen molar-refractivity contribution in [3.05, 3.63) is 55.3 Å². The monoisotopic (exact) mass is 324 g/mol. The van der Waals surface area contributed by atoms with Crippen molar-refractivity contribution in [3.63, 3.8) is 0 Å². The van der Waals surface area contributed by atoms with Crippen LogP contribution < -0.4 is 11.2 Å². The molecule has 1 N–H and O–H groups in total. The maximum absolute atomic E-state index is 12.8. The van der Waals surface area contributed by atoms with E-state index in [1.165, 1.54) is 4.57 Å². The number of hydrogen-bond acceptors (Lipinski definition) is 2. The van der Waals surface area contributed by atoms with Crippen LogP contribution in [0.15, 0.2) is 33.9 Å². The predicted octanol–water partition coefficient (Wildman–Crippen LogP) is 3.63. The fourth-order valence-electron chi connectivity index (χ4n) is 2.91. The van der Waals surface area contributed by atoms with Crippen LogP contribution in [0.1, 0.15) is 31.7 Å². The molecule has 4 nitrogen and oxygen atoms in total. The van der Waals surface area contributed by atoms with Gasteiger partial charge in [-0.25, -0.2) is 4.79 Å². The van der Waals surface area contributed by atoms with E-state index in [4.69, 9.17) is 23.2 Å². The summed E-state index contributed by atoms with van der Waals surface area (Å²) in [5.41, 5.74) is -0.0256. The number of halogens is 2. The molecule has 3 rings (SSSR count). The number of H-pyrrole nitrogens is 1. The number of rotatable bonds is 2. The summed E-state index contributed by atoms with van der Waals surface area (Å²) in [7, 11) is 0. The van der Waals surface area contributed by atoms with Crippen molar-refractivity contribution in [3.8, 4) is 11.1 Å². The quantitative estimate of drug-likeness (QED) is 0.857. The van der Waals surface area contributed by atoms with Crippen LogP contribution >= 0.6 is 23.2 Å². The van der Waals surface area contributed by atoms with Crippen LogP contribution in [-0.2, 0) is 0 Å². The molecule has 1 fully saturated rings. The summed E-state index contributed by atoms with van der Waals surface area (Å²) in [6.45, 7) is 0. The molecule has 6 heteroatoms. The summed E-state index contributed by atoms with van der Waals surface area (Å²) in [5.74, 6) is 0. The molecule has 1 saturated carbocycles. The Morgan fingerprint density at radius 1 is 1.10 bits per heavy atom. The lowest BCUT2D eigenvalue weighted by Gasteiger charge is -2.15. The minimum atomic E-state index is -0.451. The molecule has 110 valence electrons. The average Bonchev–Trinajstić information content (AvgIpc) is 2.94. The van der Waals surface area contributed by atoms with Crippen molar-refractivity contribution in [1.82, 2.24) is 9.55 Å². The van der Waals surface area contributed by atoms with E-state index in [2.05, 4.69) is 4.98 Å². The number of benzene rings is 1. The Bertz CT molecular complexity index is 789. The predicted molar refractivity (Wildman–Crippen MR) is 84.3 cm³/mol. The fraction of sp³-hybridized carbons (Fsp3) is 0.333. The van der Waals surface area contributed by atoms with E-state index in [-0.39, 0.29) is 22.3 Å². The van der Waals surface area contributed by atoms with Gasteiger partial charge in [0.25, 0.3) is 5.56 Å². The van der Waals surface area contributed by atoms with Crippen molar-refractivity contribution in [2.45, 2.75) is 31.7 Å². The Labute approximate surface area is 131 Å². The van der Waals surface area contributed by atoms with Gasteiger partial charge in [-0.15, -0.1) is 0 Å². The molecule has 1 aromatic carbocycles. The van der Waals surface area contributed by atoms with Crippen LogP contribution in [0.4, 0.5) is 0 Å². The first kappa shape index (κ1) is 14.4. The highest BCUT2D eigenvalue weighted by atomic mass is 35.5. The highest BCUT2D eigenvalue weighted by Gasteiger charge is 2.24. The molecule has 21 heavy (non-hydrogen) atoms. The third-order valence-electron chi connectivity index (χ3n) is 3.92. The van der Waals surface area contributed by atoms with Crippen molar-refractivity contribution >= 4 is 23.2 Å². The van der Waals surface area contributed by atoms with Gasteiger partial charge in [0.15, 0.2) is 0 Å². The largest absolute Gasteiger partial charge is 0.329 e. The van der Waals surface area contributed by atoms with Crippen LogP contribution in [0.5, 0.6) is 0 Å². The first-order valence-electron chi connectivity index (χ1n) is 6.89. The number of hydrogen-bond donors (Lipinski definition) is 1. The molecule has 1 aromatic heterocycles. The first-order chi connectivity index (χ1) is 10.1. The van der Waals surface area contributed by atoms with Gasteiger partial charge >= 0.3 is 5.69 Å². The lowest BCUT2D eigenvalue weighted by Crippen LogP contribution is -2.38. The third-order valence-corrected chi connectivity index (χ3v) is 4.53. The molecular weight excluding hydrogens is 311 g/mol. The maximum atomic E-state index is 12.8. The highest BCUT2D eigenvalue weighted by molar-refractivity contribution is 6.35. The van der Waals surface area contributed by atoms with Crippen LogP contribution in [0.3, 0.4) is 0 Å². The van der Waals surface area contributed by atoms with Gasteiger partial charge in [0.05, 0.1) is 5.56 Å². The second-order valence-electron chi connectivity index (χ2n) is 5.21. The zero-order valence-electron chi connectivity index (χ0n) is 11.2. The molecular formula is C15H14Cl2N2O2. The van der Waals surface area contributed by atoms with E-state index in [0.29, 0.717) is 10.6 Å². The van der Waals surface area contributed by atoms with E-state index < -0.39 is 5.69 Å².